The first-order chi connectivity index (χ1) is 15.8. The monoisotopic (exact) mass is 458 g/mol. The molecule has 0 spiro atoms. The van der Waals surface area contributed by atoms with Crippen LogP contribution in [0.4, 0.5) is 10.1 Å². The van der Waals surface area contributed by atoms with Crippen LogP contribution in [0.15, 0.2) is 18.2 Å². The first kappa shape index (κ1) is 28.1. The Morgan fingerprint density at radius 2 is 1.76 bits per heavy atom. The lowest BCUT2D eigenvalue weighted by Gasteiger charge is -2.18. The summed E-state index contributed by atoms with van der Waals surface area (Å²) in [5.41, 5.74) is 4.20. The fourth-order valence-electron chi connectivity index (χ4n) is 3.66. The van der Waals surface area contributed by atoms with Crippen molar-refractivity contribution >= 4 is 29.2 Å². The quantitative estimate of drug-likeness (QED) is 0.487. The smallest absolute Gasteiger partial charge is 0.256 e. The van der Waals surface area contributed by atoms with E-state index in [0.29, 0.717) is 34.6 Å². The molecule has 1 aromatic carbocycles. The highest BCUT2D eigenvalue weighted by Crippen LogP contribution is 2.34. The molecule has 7 heteroatoms. The Balaban J connectivity index is 0.00000129. The number of aromatic nitrogens is 1. The summed E-state index contributed by atoms with van der Waals surface area (Å²) in [6, 6.07) is 4.20. The van der Waals surface area contributed by atoms with Gasteiger partial charge in [-0.3, -0.25) is 9.59 Å². The molecule has 0 bridgehead atoms. The third-order valence-corrected chi connectivity index (χ3v) is 5.36. The Morgan fingerprint density at radius 3 is 2.36 bits per heavy atom. The number of aryl methyl sites for hydroxylation is 1. The molecule has 0 saturated carbocycles. The van der Waals surface area contributed by atoms with E-state index < -0.39 is 5.82 Å². The predicted octanol–water partition coefficient (Wildman–Crippen LogP) is 5.39. The summed E-state index contributed by atoms with van der Waals surface area (Å²) in [7, 11) is 0. The molecule has 2 heterocycles. The van der Waals surface area contributed by atoms with Gasteiger partial charge in [0, 0.05) is 35.7 Å². The molecule has 6 nitrogen and oxygen atoms in total. The molecule has 3 N–H and O–H groups in total. The predicted molar refractivity (Wildman–Crippen MR) is 136 cm³/mol. The number of benzene rings is 1. The van der Waals surface area contributed by atoms with Crippen molar-refractivity contribution in [3.8, 4) is 0 Å². The van der Waals surface area contributed by atoms with Crippen molar-refractivity contribution in [3.05, 3.63) is 52.1 Å². The lowest BCUT2D eigenvalue weighted by atomic mass is 10.0. The Labute approximate surface area is 197 Å². The van der Waals surface area contributed by atoms with E-state index in [1.165, 1.54) is 12.1 Å². The van der Waals surface area contributed by atoms with Gasteiger partial charge < -0.3 is 20.5 Å². The summed E-state index contributed by atoms with van der Waals surface area (Å²) in [4.78, 5) is 30.5. The first-order valence-electron chi connectivity index (χ1n) is 11.9. The van der Waals surface area contributed by atoms with Crippen LogP contribution in [0, 0.1) is 19.7 Å². The lowest BCUT2D eigenvalue weighted by Crippen LogP contribution is -2.35. The Morgan fingerprint density at radius 1 is 1.12 bits per heavy atom. The van der Waals surface area contributed by atoms with Crippen LogP contribution < -0.4 is 10.6 Å². The number of hydrogen-bond acceptors (Lipinski definition) is 3. The van der Waals surface area contributed by atoms with Crippen molar-refractivity contribution in [2.45, 2.75) is 55.4 Å². The Hall–Kier alpha value is -2.93. The number of rotatable bonds is 7. The average Bonchev–Trinajstić information content (AvgIpc) is 3.28. The number of anilines is 1. The minimum Gasteiger partial charge on any atom is -0.358 e. The van der Waals surface area contributed by atoms with Crippen molar-refractivity contribution < 1.29 is 14.0 Å². The van der Waals surface area contributed by atoms with E-state index in [-0.39, 0.29) is 11.8 Å². The van der Waals surface area contributed by atoms with E-state index in [4.69, 9.17) is 0 Å². The zero-order chi connectivity index (χ0) is 25.1. The van der Waals surface area contributed by atoms with E-state index in [0.717, 1.165) is 30.9 Å². The topological polar surface area (TPSA) is 77.2 Å². The van der Waals surface area contributed by atoms with Gasteiger partial charge >= 0.3 is 0 Å². The van der Waals surface area contributed by atoms with Crippen molar-refractivity contribution in [1.82, 2.24) is 15.2 Å². The molecular weight excluding hydrogens is 419 g/mol. The highest BCUT2D eigenvalue weighted by Gasteiger charge is 2.26. The fourth-order valence-corrected chi connectivity index (χ4v) is 3.66. The number of hydrogen-bond donors (Lipinski definition) is 3. The molecule has 1 aliphatic rings. The maximum atomic E-state index is 13.7. The molecule has 2 aromatic rings. The number of fused-ring (bicyclic) bond motifs is 1. The largest absolute Gasteiger partial charge is 0.358 e. The highest BCUT2D eigenvalue weighted by atomic mass is 19.1. The molecule has 0 radical (unpaired) electrons. The molecular formula is C26H39FN4O2. The molecule has 0 fully saturated rings. The molecule has 1 aliphatic heterocycles. The van der Waals surface area contributed by atoms with Gasteiger partial charge in [-0.1, -0.05) is 41.5 Å². The maximum Gasteiger partial charge on any atom is 0.256 e. The summed E-state index contributed by atoms with van der Waals surface area (Å²) in [6.45, 7) is 19.1. The first-order valence-corrected chi connectivity index (χ1v) is 11.9. The number of H-pyrrole nitrogens is 1. The van der Waals surface area contributed by atoms with Gasteiger partial charge in [-0.25, -0.2) is 4.39 Å². The van der Waals surface area contributed by atoms with Gasteiger partial charge in [0.15, 0.2) is 0 Å². The molecule has 182 valence electrons. The van der Waals surface area contributed by atoms with Crippen molar-refractivity contribution in [2.24, 2.45) is 0 Å². The third-order valence-electron chi connectivity index (χ3n) is 5.36. The van der Waals surface area contributed by atoms with Gasteiger partial charge in [0.2, 0.25) is 0 Å². The number of amides is 2. The second-order valence-electron chi connectivity index (χ2n) is 7.15. The number of halogens is 1. The van der Waals surface area contributed by atoms with E-state index in [1.807, 2.05) is 41.5 Å². The van der Waals surface area contributed by atoms with Crippen molar-refractivity contribution in [2.75, 3.05) is 31.5 Å². The number of nitrogens with zero attached hydrogens (tertiary/aromatic N) is 1. The van der Waals surface area contributed by atoms with Crippen LogP contribution in [0.3, 0.4) is 0 Å². The van der Waals surface area contributed by atoms with Crippen LogP contribution in [-0.4, -0.2) is 47.9 Å². The van der Waals surface area contributed by atoms with Gasteiger partial charge in [-0.15, -0.1) is 0 Å². The number of nitrogens with one attached hydrogen (secondary N) is 3. The van der Waals surface area contributed by atoms with Crippen LogP contribution in [0.1, 0.15) is 74.4 Å². The number of likely N-dealkylation sites (N-methyl/N-ethyl adjacent to an activating group) is 1. The highest BCUT2D eigenvalue weighted by molar-refractivity contribution is 6.34. The van der Waals surface area contributed by atoms with E-state index in [2.05, 4.69) is 34.4 Å². The summed E-state index contributed by atoms with van der Waals surface area (Å²) in [6.07, 6.45) is 1.68. The van der Waals surface area contributed by atoms with Crippen LogP contribution >= 0.6 is 0 Å². The molecule has 0 aliphatic carbocycles. The van der Waals surface area contributed by atoms with E-state index in [1.54, 1.807) is 12.1 Å². The standard InChI is InChI=1S/C22H27FN4O2.2C2H6/c1-5-27(6-2)10-9-24-22(29)20-13(3)19(25-14(20)4)12-17-16-11-15(23)7-8-18(16)26-21(17)28;2*1-2/h7-8,11-12,25H,5-6,9-10H2,1-4H3,(H,24,29)(H,26,28);2*1-2H3/b17-12-;;. The number of aromatic amines is 1. The molecule has 0 unspecified atom stereocenters. The summed E-state index contributed by atoms with van der Waals surface area (Å²) < 4.78 is 13.7. The third kappa shape index (κ3) is 6.78. The lowest BCUT2D eigenvalue weighted by molar-refractivity contribution is -0.110. The molecule has 2 amide bonds. The Kier molecular flexibility index (Phi) is 11.6. The normalized spacial score (nSPS) is 13.0. The molecule has 0 atom stereocenters. The minimum absolute atomic E-state index is 0.143. The van der Waals surface area contributed by atoms with Gasteiger partial charge in [0.25, 0.3) is 11.8 Å². The Bertz CT molecular complexity index is 975. The van der Waals surface area contributed by atoms with Crippen LogP contribution in [0.2, 0.25) is 0 Å². The zero-order valence-corrected chi connectivity index (χ0v) is 21.3. The molecule has 1 aromatic heterocycles. The van der Waals surface area contributed by atoms with Crippen LogP contribution in [0.5, 0.6) is 0 Å². The summed E-state index contributed by atoms with van der Waals surface area (Å²) >= 11 is 0. The zero-order valence-electron chi connectivity index (χ0n) is 21.3. The minimum atomic E-state index is -0.404. The SMILES string of the molecule is CC.CC.CCN(CC)CCNC(=O)c1c(C)[nH]c(/C=C2\C(=O)Nc3ccc(F)cc32)c1C. The maximum absolute atomic E-state index is 13.7. The summed E-state index contributed by atoms with van der Waals surface area (Å²) in [5.74, 6) is -0.836. The van der Waals surface area contributed by atoms with Gasteiger partial charge in [-0.05, 0) is 56.8 Å². The number of carbonyl (C=O) groups is 2. The summed E-state index contributed by atoms with van der Waals surface area (Å²) in [5, 5.41) is 5.70. The van der Waals surface area contributed by atoms with E-state index in [9.17, 15) is 14.0 Å². The number of carbonyl (C=O) groups excluding carboxylic acids is 2. The second-order valence-corrected chi connectivity index (χ2v) is 7.15. The fraction of sp³-hybridized carbons (Fsp3) is 0.462. The van der Waals surface area contributed by atoms with Crippen LogP contribution in [0.25, 0.3) is 11.6 Å². The van der Waals surface area contributed by atoms with Gasteiger partial charge in [0.1, 0.15) is 5.82 Å². The van der Waals surface area contributed by atoms with Gasteiger partial charge in [0.05, 0.1) is 11.1 Å². The molecule has 3 rings (SSSR count). The van der Waals surface area contributed by atoms with Crippen molar-refractivity contribution in [1.29, 1.82) is 0 Å². The second kappa shape index (κ2) is 13.6. The van der Waals surface area contributed by atoms with Crippen molar-refractivity contribution in [3.63, 3.8) is 0 Å². The van der Waals surface area contributed by atoms with Crippen LogP contribution in [-0.2, 0) is 4.79 Å². The van der Waals surface area contributed by atoms with E-state index >= 15 is 0 Å². The molecule has 0 saturated heterocycles. The molecule has 33 heavy (non-hydrogen) atoms. The van der Waals surface area contributed by atoms with Gasteiger partial charge in [-0.2, -0.15) is 0 Å². The average molecular weight is 459 g/mol.